The van der Waals surface area contributed by atoms with Crippen LogP contribution in [0.4, 0.5) is 0 Å². The van der Waals surface area contributed by atoms with Crippen molar-refractivity contribution in [1.82, 2.24) is 15.5 Å². The van der Waals surface area contributed by atoms with Crippen molar-refractivity contribution in [3.63, 3.8) is 0 Å². The fourth-order valence-electron chi connectivity index (χ4n) is 3.06. The highest BCUT2D eigenvalue weighted by Crippen LogP contribution is 2.16. The Bertz CT molecular complexity index is 527. The molecule has 0 saturated carbocycles. The second kappa shape index (κ2) is 12.3. The van der Waals surface area contributed by atoms with E-state index in [1.807, 2.05) is 7.05 Å². The van der Waals surface area contributed by atoms with Gasteiger partial charge in [-0.05, 0) is 37.0 Å². The number of piperidine rings is 1. The summed E-state index contributed by atoms with van der Waals surface area (Å²) in [5.41, 5.74) is 1.38. The Morgan fingerprint density at radius 2 is 1.96 bits per heavy atom. The number of unbranched alkanes of at least 4 members (excludes halogenated alkanes) is 1. The number of rotatable bonds is 9. The lowest BCUT2D eigenvalue weighted by Crippen LogP contribution is -2.49. The Labute approximate surface area is 166 Å². The summed E-state index contributed by atoms with van der Waals surface area (Å²) in [4.78, 5) is 6.86. The molecule has 0 aliphatic carbocycles. The van der Waals surface area contributed by atoms with Crippen molar-refractivity contribution in [2.75, 3.05) is 39.9 Å². The predicted molar refractivity (Wildman–Crippen MR) is 113 cm³/mol. The normalized spacial score (nSPS) is 16.7. The number of likely N-dealkylation sites (tertiary alicyclic amines) is 1. The summed E-state index contributed by atoms with van der Waals surface area (Å²) in [6, 6.07) is 9.12. The van der Waals surface area contributed by atoms with E-state index in [0.29, 0.717) is 6.04 Å². The van der Waals surface area contributed by atoms with Gasteiger partial charge in [0.05, 0.1) is 6.61 Å². The van der Waals surface area contributed by atoms with Gasteiger partial charge in [-0.1, -0.05) is 41.4 Å². The molecule has 1 aliphatic heterocycles. The molecular formula is C20H33BrN4O. The van der Waals surface area contributed by atoms with Gasteiger partial charge < -0.3 is 15.4 Å². The van der Waals surface area contributed by atoms with Crippen LogP contribution in [0.2, 0.25) is 0 Å². The molecule has 5 nitrogen and oxygen atoms in total. The van der Waals surface area contributed by atoms with E-state index in [1.165, 1.54) is 12.0 Å². The largest absolute Gasteiger partial charge is 0.380 e. The van der Waals surface area contributed by atoms with E-state index < -0.39 is 0 Å². The monoisotopic (exact) mass is 424 g/mol. The van der Waals surface area contributed by atoms with Crippen LogP contribution < -0.4 is 10.6 Å². The molecule has 0 bridgehead atoms. The third-order valence-electron chi connectivity index (χ3n) is 4.65. The summed E-state index contributed by atoms with van der Waals surface area (Å²) < 4.78 is 6.72. The van der Waals surface area contributed by atoms with E-state index in [-0.39, 0.29) is 0 Å². The van der Waals surface area contributed by atoms with Crippen LogP contribution in [-0.2, 0) is 11.3 Å². The van der Waals surface area contributed by atoms with Crippen molar-refractivity contribution in [3.05, 3.63) is 34.3 Å². The number of benzene rings is 1. The van der Waals surface area contributed by atoms with Crippen molar-refractivity contribution in [2.24, 2.45) is 4.99 Å². The molecule has 1 aromatic carbocycles. The quantitative estimate of drug-likeness (QED) is 0.362. The zero-order valence-electron chi connectivity index (χ0n) is 16.1. The van der Waals surface area contributed by atoms with Gasteiger partial charge in [0.1, 0.15) is 0 Å². The summed E-state index contributed by atoms with van der Waals surface area (Å²) in [6.45, 7) is 7.81. The molecule has 1 saturated heterocycles. The van der Waals surface area contributed by atoms with E-state index in [1.54, 1.807) is 0 Å². The summed E-state index contributed by atoms with van der Waals surface area (Å²) >= 11 is 3.49. The number of aliphatic imine (C=N–C) groups is 1. The zero-order valence-corrected chi connectivity index (χ0v) is 17.7. The Balaban J connectivity index is 1.62. The molecule has 2 rings (SSSR count). The lowest BCUT2D eigenvalue weighted by atomic mass is 10.0. The van der Waals surface area contributed by atoms with Gasteiger partial charge in [0.2, 0.25) is 0 Å². The average molecular weight is 425 g/mol. The van der Waals surface area contributed by atoms with Crippen LogP contribution in [-0.4, -0.2) is 56.8 Å². The summed E-state index contributed by atoms with van der Waals surface area (Å²) in [6.07, 6.45) is 4.59. The molecule has 1 heterocycles. The second-order valence-corrected chi connectivity index (χ2v) is 7.70. The van der Waals surface area contributed by atoms with Gasteiger partial charge in [-0.25, -0.2) is 0 Å². The van der Waals surface area contributed by atoms with Crippen molar-refractivity contribution in [1.29, 1.82) is 0 Å². The van der Waals surface area contributed by atoms with Gasteiger partial charge in [0, 0.05) is 50.3 Å². The lowest BCUT2D eigenvalue weighted by molar-refractivity contribution is 0.135. The molecule has 0 unspecified atom stereocenters. The average Bonchev–Trinajstić information content (AvgIpc) is 2.67. The van der Waals surface area contributed by atoms with Crippen LogP contribution in [0.5, 0.6) is 0 Å². The molecule has 26 heavy (non-hydrogen) atoms. The fraction of sp³-hybridized carbons (Fsp3) is 0.650. The number of hydrogen-bond acceptors (Lipinski definition) is 3. The molecule has 0 radical (unpaired) electrons. The van der Waals surface area contributed by atoms with E-state index >= 15 is 0 Å². The Morgan fingerprint density at radius 1 is 1.23 bits per heavy atom. The van der Waals surface area contributed by atoms with Crippen LogP contribution in [0.15, 0.2) is 33.7 Å². The van der Waals surface area contributed by atoms with Gasteiger partial charge >= 0.3 is 0 Å². The van der Waals surface area contributed by atoms with E-state index in [9.17, 15) is 0 Å². The maximum atomic E-state index is 5.58. The van der Waals surface area contributed by atoms with Crippen molar-refractivity contribution < 1.29 is 4.74 Å². The molecule has 0 atom stereocenters. The van der Waals surface area contributed by atoms with Crippen molar-refractivity contribution >= 4 is 21.9 Å². The third-order valence-corrected chi connectivity index (χ3v) is 5.18. The first-order valence-corrected chi connectivity index (χ1v) is 10.5. The minimum atomic E-state index is 0.489. The van der Waals surface area contributed by atoms with Crippen LogP contribution in [0.1, 0.15) is 38.2 Å². The van der Waals surface area contributed by atoms with Crippen LogP contribution >= 0.6 is 15.9 Å². The molecule has 0 aromatic heterocycles. The van der Waals surface area contributed by atoms with Gasteiger partial charge in [-0.2, -0.15) is 0 Å². The maximum Gasteiger partial charge on any atom is 0.191 e. The van der Waals surface area contributed by atoms with E-state index in [0.717, 1.165) is 69.1 Å². The molecule has 1 fully saturated rings. The number of nitrogens with one attached hydrogen (secondary N) is 2. The summed E-state index contributed by atoms with van der Waals surface area (Å²) in [5, 5.41) is 6.90. The van der Waals surface area contributed by atoms with Gasteiger partial charge in [0.25, 0.3) is 0 Å². The smallest absolute Gasteiger partial charge is 0.191 e. The van der Waals surface area contributed by atoms with E-state index in [2.05, 4.69) is 67.6 Å². The number of ether oxygens (including phenoxy) is 1. The minimum absolute atomic E-state index is 0.489. The first-order chi connectivity index (χ1) is 12.7. The highest BCUT2D eigenvalue weighted by Gasteiger charge is 2.19. The fourth-order valence-corrected chi connectivity index (χ4v) is 3.33. The topological polar surface area (TPSA) is 48.9 Å². The number of nitrogens with zero attached hydrogens (tertiary/aromatic N) is 2. The predicted octanol–water partition coefficient (Wildman–Crippen LogP) is 3.40. The van der Waals surface area contributed by atoms with Crippen molar-refractivity contribution in [2.45, 2.75) is 45.2 Å². The standard InChI is InChI=1S/C20H33BrN4O/c1-3-4-14-26-15-11-23-20(22-2)24-19-9-12-25(13-10-19)16-17-5-7-18(21)8-6-17/h5-8,19H,3-4,9-16H2,1-2H3,(H2,22,23,24). The van der Waals surface area contributed by atoms with Crippen LogP contribution in [0.3, 0.4) is 0 Å². The Morgan fingerprint density at radius 3 is 2.62 bits per heavy atom. The highest BCUT2D eigenvalue weighted by atomic mass is 79.9. The molecule has 0 amide bonds. The zero-order chi connectivity index (χ0) is 18.6. The maximum absolute atomic E-state index is 5.58. The molecule has 1 aromatic rings. The molecule has 6 heteroatoms. The van der Waals surface area contributed by atoms with Gasteiger partial charge in [-0.15, -0.1) is 0 Å². The van der Waals surface area contributed by atoms with Crippen LogP contribution in [0.25, 0.3) is 0 Å². The number of hydrogen-bond donors (Lipinski definition) is 2. The molecule has 0 spiro atoms. The van der Waals surface area contributed by atoms with Gasteiger partial charge in [0.15, 0.2) is 5.96 Å². The Kier molecular flexibility index (Phi) is 10.0. The molecule has 2 N–H and O–H groups in total. The third kappa shape index (κ3) is 8.06. The lowest BCUT2D eigenvalue weighted by Gasteiger charge is -2.33. The van der Waals surface area contributed by atoms with Crippen molar-refractivity contribution in [3.8, 4) is 0 Å². The molecule has 146 valence electrons. The first-order valence-electron chi connectivity index (χ1n) is 9.73. The molecule has 1 aliphatic rings. The minimum Gasteiger partial charge on any atom is -0.380 e. The second-order valence-electron chi connectivity index (χ2n) is 6.79. The number of halogens is 1. The SMILES string of the molecule is CCCCOCCNC(=NC)NC1CCN(Cc2ccc(Br)cc2)CC1. The highest BCUT2D eigenvalue weighted by molar-refractivity contribution is 9.10. The first kappa shape index (κ1) is 21.2. The molecular weight excluding hydrogens is 392 g/mol. The summed E-state index contributed by atoms with van der Waals surface area (Å²) in [5.74, 6) is 0.885. The van der Waals surface area contributed by atoms with Crippen LogP contribution in [0, 0.1) is 0 Å². The van der Waals surface area contributed by atoms with E-state index in [4.69, 9.17) is 4.74 Å². The Hall–Kier alpha value is -1.11. The van der Waals surface area contributed by atoms with Gasteiger partial charge in [-0.3, -0.25) is 9.89 Å². The number of guanidine groups is 1. The summed E-state index contributed by atoms with van der Waals surface area (Å²) in [7, 11) is 1.83.